The fraction of sp³-hybridized carbons (Fsp3) is 0. The highest BCUT2D eigenvalue weighted by atomic mass is 35.5. The molecular weight excluding hydrogens is 349 g/mol. The molecule has 0 bridgehead atoms. The van der Waals surface area contributed by atoms with Crippen LogP contribution >= 0.6 is 22.9 Å². The second-order valence-electron chi connectivity index (χ2n) is 5.10. The fourth-order valence-electron chi connectivity index (χ4n) is 2.40. The predicted molar refractivity (Wildman–Crippen MR) is 93.8 cm³/mol. The van der Waals surface area contributed by atoms with Gasteiger partial charge in [0.1, 0.15) is 10.7 Å². The molecule has 1 aliphatic rings. The third-order valence-corrected chi connectivity index (χ3v) is 5.21. The zero-order chi connectivity index (χ0) is 16.7. The smallest absolute Gasteiger partial charge is 0.363 e. The van der Waals surface area contributed by atoms with Crippen LogP contribution in [-0.2, 0) is 9.53 Å². The van der Waals surface area contributed by atoms with E-state index in [-0.39, 0.29) is 17.2 Å². The third kappa shape index (κ3) is 2.52. The van der Waals surface area contributed by atoms with Crippen LogP contribution in [0, 0.1) is 5.82 Å². The molecule has 1 aliphatic heterocycles. The van der Waals surface area contributed by atoms with Gasteiger partial charge in [-0.25, -0.2) is 14.2 Å². The van der Waals surface area contributed by atoms with Gasteiger partial charge in [0.15, 0.2) is 5.70 Å². The molecule has 118 valence electrons. The highest BCUT2D eigenvalue weighted by Gasteiger charge is 2.28. The van der Waals surface area contributed by atoms with E-state index < -0.39 is 11.8 Å². The lowest BCUT2D eigenvalue weighted by molar-refractivity contribution is -0.129. The number of halogens is 2. The average molecular weight is 358 g/mol. The third-order valence-electron chi connectivity index (χ3n) is 3.55. The Kier molecular flexibility index (Phi) is 3.67. The topological polar surface area (TPSA) is 38.7 Å². The van der Waals surface area contributed by atoms with Crippen molar-refractivity contribution in [3.05, 3.63) is 75.5 Å². The SMILES string of the molecule is O=C1OC(c2sc3ccccc3c2Cl)=N/C1=C\c1ccccc1F. The van der Waals surface area contributed by atoms with Crippen LogP contribution < -0.4 is 0 Å². The summed E-state index contributed by atoms with van der Waals surface area (Å²) in [7, 11) is 0. The van der Waals surface area contributed by atoms with E-state index in [0.717, 1.165) is 10.1 Å². The van der Waals surface area contributed by atoms with Crippen molar-refractivity contribution in [3.63, 3.8) is 0 Å². The van der Waals surface area contributed by atoms with Crippen LogP contribution in [0.4, 0.5) is 4.39 Å². The maximum atomic E-state index is 13.7. The molecule has 3 aromatic rings. The first-order valence-electron chi connectivity index (χ1n) is 7.08. The van der Waals surface area contributed by atoms with Crippen molar-refractivity contribution in [1.82, 2.24) is 0 Å². The number of aliphatic imine (C=N–C) groups is 1. The molecule has 0 saturated heterocycles. The Morgan fingerprint density at radius 2 is 1.88 bits per heavy atom. The average Bonchev–Trinajstić information content (AvgIpc) is 3.11. The number of rotatable bonds is 2. The molecule has 3 nitrogen and oxygen atoms in total. The summed E-state index contributed by atoms with van der Waals surface area (Å²) >= 11 is 7.77. The molecule has 2 aromatic carbocycles. The molecule has 24 heavy (non-hydrogen) atoms. The van der Waals surface area contributed by atoms with Gasteiger partial charge in [0.05, 0.1) is 5.02 Å². The van der Waals surface area contributed by atoms with Crippen LogP contribution in [0.5, 0.6) is 0 Å². The van der Waals surface area contributed by atoms with Crippen LogP contribution in [-0.4, -0.2) is 11.9 Å². The van der Waals surface area contributed by atoms with E-state index in [2.05, 4.69) is 4.99 Å². The summed E-state index contributed by atoms with van der Waals surface area (Å²) in [4.78, 5) is 16.8. The van der Waals surface area contributed by atoms with E-state index in [0.29, 0.717) is 9.90 Å². The molecule has 1 aromatic heterocycles. The van der Waals surface area contributed by atoms with Crippen molar-refractivity contribution >= 4 is 51.0 Å². The Morgan fingerprint density at radius 3 is 2.67 bits per heavy atom. The summed E-state index contributed by atoms with van der Waals surface area (Å²) in [6, 6.07) is 13.8. The molecule has 0 N–H and O–H groups in total. The Balaban J connectivity index is 1.78. The van der Waals surface area contributed by atoms with E-state index in [1.54, 1.807) is 18.2 Å². The number of carbonyl (C=O) groups is 1. The molecule has 6 heteroatoms. The molecule has 0 aliphatic carbocycles. The number of benzene rings is 2. The summed E-state index contributed by atoms with van der Waals surface area (Å²) in [5.41, 5.74) is 0.320. The number of thiophene rings is 1. The summed E-state index contributed by atoms with van der Waals surface area (Å²) in [5.74, 6) is -0.906. The monoisotopic (exact) mass is 357 g/mol. The number of ether oxygens (including phenoxy) is 1. The van der Waals surface area contributed by atoms with Crippen LogP contribution in [0.3, 0.4) is 0 Å². The lowest BCUT2D eigenvalue weighted by Crippen LogP contribution is -2.04. The number of esters is 1. The molecule has 0 spiro atoms. The highest BCUT2D eigenvalue weighted by Crippen LogP contribution is 2.37. The number of hydrogen-bond donors (Lipinski definition) is 0. The quantitative estimate of drug-likeness (QED) is 0.476. The maximum absolute atomic E-state index is 13.7. The first kappa shape index (κ1) is 15.1. The van der Waals surface area contributed by atoms with Gasteiger partial charge in [0, 0.05) is 15.6 Å². The molecule has 4 rings (SSSR count). The van der Waals surface area contributed by atoms with Crippen molar-refractivity contribution in [1.29, 1.82) is 0 Å². The Bertz CT molecular complexity index is 1040. The van der Waals surface area contributed by atoms with Crippen LogP contribution in [0.15, 0.2) is 59.2 Å². The summed E-state index contributed by atoms with van der Waals surface area (Å²) in [6.45, 7) is 0. The summed E-state index contributed by atoms with van der Waals surface area (Å²) in [6.07, 6.45) is 1.37. The van der Waals surface area contributed by atoms with Crippen LogP contribution in [0.1, 0.15) is 10.4 Å². The first-order valence-corrected chi connectivity index (χ1v) is 8.27. The number of cyclic esters (lactones) is 1. The zero-order valence-corrected chi connectivity index (χ0v) is 13.7. The molecule has 0 unspecified atom stereocenters. The Hall–Kier alpha value is -2.50. The number of nitrogens with zero attached hydrogens (tertiary/aromatic N) is 1. The van der Waals surface area contributed by atoms with Gasteiger partial charge in [-0.1, -0.05) is 48.0 Å². The molecule has 0 fully saturated rings. The standard InChI is InChI=1S/C18H9ClFNO2S/c19-15-11-6-2-4-8-14(11)24-16(15)17-21-13(18(22)23-17)9-10-5-1-3-7-12(10)20/h1-9H/b13-9-. The minimum Gasteiger partial charge on any atom is -0.401 e. The molecule has 0 radical (unpaired) electrons. The molecular formula is C18H9ClFNO2S. The molecule has 2 heterocycles. The van der Waals surface area contributed by atoms with E-state index in [9.17, 15) is 9.18 Å². The van der Waals surface area contributed by atoms with Gasteiger partial charge in [-0.05, 0) is 18.2 Å². The Labute approximate surface area is 145 Å². The van der Waals surface area contributed by atoms with Gasteiger partial charge in [0.2, 0.25) is 5.90 Å². The van der Waals surface area contributed by atoms with Gasteiger partial charge in [0.25, 0.3) is 0 Å². The van der Waals surface area contributed by atoms with Crippen LogP contribution in [0.2, 0.25) is 5.02 Å². The largest absolute Gasteiger partial charge is 0.401 e. The zero-order valence-electron chi connectivity index (χ0n) is 12.1. The van der Waals surface area contributed by atoms with Gasteiger partial charge >= 0.3 is 5.97 Å². The van der Waals surface area contributed by atoms with E-state index in [1.807, 2.05) is 24.3 Å². The van der Waals surface area contributed by atoms with Gasteiger partial charge < -0.3 is 4.74 Å². The Morgan fingerprint density at radius 1 is 1.12 bits per heavy atom. The van der Waals surface area contributed by atoms with E-state index in [1.165, 1.54) is 23.5 Å². The minimum absolute atomic E-state index is 0.0450. The maximum Gasteiger partial charge on any atom is 0.363 e. The predicted octanol–water partition coefficient (Wildman–Crippen LogP) is 5.04. The van der Waals surface area contributed by atoms with E-state index in [4.69, 9.17) is 16.3 Å². The lowest BCUT2D eigenvalue weighted by atomic mass is 10.2. The molecule has 0 atom stereocenters. The molecule has 0 saturated carbocycles. The normalized spacial score (nSPS) is 15.8. The van der Waals surface area contributed by atoms with Crippen LogP contribution in [0.25, 0.3) is 16.2 Å². The van der Waals surface area contributed by atoms with Gasteiger partial charge in [-0.15, -0.1) is 11.3 Å². The van der Waals surface area contributed by atoms with Crippen molar-refractivity contribution < 1.29 is 13.9 Å². The number of carbonyl (C=O) groups excluding carboxylic acids is 1. The van der Waals surface area contributed by atoms with Crippen molar-refractivity contribution in [2.24, 2.45) is 4.99 Å². The second kappa shape index (κ2) is 5.85. The lowest BCUT2D eigenvalue weighted by Gasteiger charge is -1.96. The van der Waals surface area contributed by atoms with Crippen molar-refractivity contribution in [3.8, 4) is 0 Å². The highest BCUT2D eigenvalue weighted by molar-refractivity contribution is 7.21. The number of fused-ring (bicyclic) bond motifs is 1. The van der Waals surface area contributed by atoms with Crippen molar-refractivity contribution in [2.75, 3.05) is 0 Å². The summed E-state index contributed by atoms with van der Waals surface area (Å²) < 4.78 is 19.9. The van der Waals surface area contributed by atoms with E-state index >= 15 is 0 Å². The first-order chi connectivity index (χ1) is 11.6. The summed E-state index contributed by atoms with van der Waals surface area (Å²) in [5, 5.41) is 1.37. The van der Waals surface area contributed by atoms with Gasteiger partial charge in [-0.2, -0.15) is 0 Å². The number of hydrogen-bond acceptors (Lipinski definition) is 4. The minimum atomic E-state index is -0.623. The van der Waals surface area contributed by atoms with Gasteiger partial charge in [-0.3, -0.25) is 0 Å². The van der Waals surface area contributed by atoms with Crippen molar-refractivity contribution in [2.45, 2.75) is 0 Å². The fourth-order valence-corrected chi connectivity index (χ4v) is 3.84. The molecule has 0 amide bonds. The second-order valence-corrected chi connectivity index (χ2v) is 6.53.